The van der Waals surface area contributed by atoms with Crippen LogP contribution in [0.1, 0.15) is 31.2 Å². The van der Waals surface area contributed by atoms with E-state index in [0.717, 1.165) is 51.3 Å². The normalized spacial score (nSPS) is 19.9. The highest BCUT2D eigenvalue weighted by atomic mass is 32.2. The van der Waals surface area contributed by atoms with Crippen molar-refractivity contribution >= 4 is 46.0 Å². The maximum atomic E-state index is 13.4. The van der Waals surface area contributed by atoms with E-state index >= 15 is 0 Å². The number of nitrogens with one attached hydrogen (secondary N) is 1. The van der Waals surface area contributed by atoms with Crippen LogP contribution in [0.4, 0.5) is 11.4 Å². The standard InChI is InChI=1S/C21H25N5O2S2/c1-6-7-10-26-19(27)18(30-21(26)22-17-12(2)23-24-13(17)3)20-25(4)15-11-14(28-5)8-9-16(15)29-20/h8-9,11H,6-7,10H2,1-5H3,(H,23,24)/b20-18-,22-21?. The van der Waals surface area contributed by atoms with Crippen molar-refractivity contribution in [2.45, 2.75) is 38.5 Å². The molecule has 158 valence electrons. The van der Waals surface area contributed by atoms with Gasteiger partial charge in [0.25, 0.3) is 5.91 Å². The van der Waals surface area contributed by atoms with Crippen LogP contribution in [0.5, 0.6) is 5.75 Å². The highest BCUT2D eigenvalue weighted by Gasteiger charge is 2.39. The SMILES string of the molecule is CCCCN1C(=O)/C(=C2/Sc3ccc(OC)cc3N2C)SC1=Nc1c(C)n[nH]c1C. The molecule has 30 heavy (non-hydrogen) atoms. The Labute approximate surface area is 185 Å². The summed E-state index contributed by atoms with van der Waals surface area (Å²) in [5, 5.41) is 8.85. The van der Waals surface area contributed by atoms with Gasteiger partial charge in [-0.05, 0) is 44.2 Å². The molecule has 0 radical (unpaired) electrons. The Morgan fingerprint density at radius 3 is 2.73 bits per heavy atom. The Kier molecular flexibility index (Phi) is 5.84. The molecule has 0 atom stereocenters. The molecule has 1 saturated heterocycles. The van der Waals surface area contributed by atoms with Crippen LogP contribution < -0.4 is 9.64 Å². The molecule has 9 heteroatoms. The van der Waals surface area contributed by atoms with Gasteiger partial charge in [0.15, 0.2) is 5.17 Å². The number of benzene rings is 1. The first kappa shape index (κ1) is 20.9. The lowest BCUT2D eigenvalue weighted by Crippen LogP contribution is -2.30. The van der Waals surface area contributed by atoms with Crippen molar-refractivity contribution in [2.75, 3.05) is 25.6 Å². The van der Waals surface area contributed by atoms with Crippen molar-refractivity contribution in [3.05, 3.63) is 39.5 Å². The zero-order valence-electron chi connectivity index (χ0n) is 17.8. The van der Waals surface area contributed by atoms with Gasteiger partial charge < -0.3 is 9.64 Å². The number of carbonyl (C=O) groups is 1. The lowest BCUT2D eigenvalue weighted by atomic mass is 10.3. The number of methoxy groups -OCH3 is 1. The van der Waals surface area contributed by atoms with Crippen molar-refractivity contribution < 1.29 is 9.53 Å². The Morgan fingerprint density at radius 2 is 2.07 bits per heavy atom. The zero-order valence-corrected chi connectivity index (χ0v) is 19.4. The minimum Gasteiger partial charge on any atom is -0.497 e. The van der Waals surface area contributed by atoms with E-state index in [0.29, 0.717) is 16.6 Å². The number of aliphatic imine (C=N–C) groups is 1. The molecule has 1 amide bonds. The predicted molar refractivity (Wildman–Crippen MR) is 124 cm³/mol. The van der Waals surface area contributed by atoms with Crippen LogP contribution in [0.25, 0.3) is 0 Å². The number of ether oxygens (including phenoxy) is 1. The van der Waals surface area contributed by atoms with E-state index in [1.807, 2.05) is 39.1 Å². The Hall–Kier alpha value is -2.39. The van der Waals surface area contributed by atoms with E-state index < -0.39 is 0 Å². The van der Waals surface area contributed by atoms with E-state index in [4.69, 9.17) is 9.73 Å². The summed E-state index contributed by atoms with van der Waals surface area (Å²) in [7, 11) is 3.65. The van der Waals surface area contributed by atoms with Gasteiger partial charge in [0, 0.05) is 24.6 Å². The molecule has 0 spiro atoms. The molecule has 2 aromatic rings. The number of nitrogens with zero attached hydrogens (tertiary/aromatic N) is 4. The molecule has 2 aliphatic heterocycles. The van der Waals surface area contributed by atoms with Gasteiger partial charge in [-0.1, -0.05) is 25.1 Å². The van der Waals surface area contributed by atoms with Crippen LogP contribution in [-0.4, -0.2) is 46.9 Å². The second-order valence-corrected chi connectivity index (χ2v) is 9.23. The molecule has 1 aromatic heterocycles. The third-order valence-corrected chi connectivity index (χ3v) is 7.56. The first-order chi connectivity index (χ1) is 14.4. The second kappa shape index (κ2) is 8.39. The van der Waals surface area contributed by atoms with Crippen LogP contribution in [0.2, 0.25) is 0 Å². The second-order valence-electron chi connectivity index (χ2n) is 7.22. The predicted octanol–water partition coefficient (Wildman–Crippen LogP) is 4.81. The molecule has 4 rings (SSSR count). The molecular weight excluding hydrogens is 418 g/mol. The summed E-state index contributed by atoms with van der Waals surface area (Å²) >= 11 is 3.06. The summed E-state index contributed by atoms with van der Waals surface area (Å²) in [5.74, 6) is 0.815. The number of aromatic amines is 1. The van der Waals surface area contributed by atoms with Crippen LogP contribution in [0.3, 0.4) is 0 Å². The summed E-state index contributed by atoms with van der Waals surface area (Å²) in [6.45, 7) is 6.65. The highest BCUT2D eigenvalue weighted by Crippen LogP contribution is 2.51. The first-order valence-corrected chi connectivity index (χ1v) is 11.5. The molecule has 0 aliphatic carbocycles. The number of aromatic nitrogens is 2. The molecule has 7 nitrogen and oxygen atoms in total. The molecule has 0 saturated carbocycles. The number of rotatable bonds is 5. The average molecular weight is 444 g/mol. The lowest BCUT2D eigenvalue weighted by Gasteiger charge is -2.16. The summed E-state index contributed by atoms with van der Waals surface area (Å²) < 4.78 is 5.37. The number of fused-ring (bicyclic) bond motifs is 1. The number of hydrogen-bond donors (Lipinski definition) is 1. The van der Waals surface area contributed by atoms with Crippen LogP contribution >= 0.6 is 23.5 Å². The van der Waals surface area contributed by atoms with E-state index in [9.17, 15) is 4.79 Å². The van der Waals surface area contributed by atoms with Gasteiger partial charge in [0.05, 0.1) is 29.2 Å². The van der Waals surface area contributed by atoms with Crippen molar-refractivity contribution in [1.29, 1.82) is 0 Å². The smallest absolute Gasteiger partial charge is 0.269 e. The van der Waals surface area contributed by atoms with E-state index in [-0.39, 0.29) is 5.91 Å². The molecule has 3 heterocycles. The summed E-state index contributed by atoms with van der Waals surface area (Å²) in [4.78, 5) is 23.9. The Balaban J connectivity index is 1.74. The summed E-state index contributed by atoms with van der Waals surface area (Å²) in [6.07, 6.45) is 1.94. The first-order valence-electron chi connectivity index (χ1n) is 9.88. The number of H-pyrrole nitrogens is 1. The van der Waals surface area contributed by atoms with Gasteiger partial charge in [-0.15, -0.1) is 0 Å². The maximum Gasteiger partial charge on any atom is 0.269 e. The number of carbonyl (C=O) groups excluding carboxylic acids is 1. The van der Waals surface area contributed by atoms with Gasteiger partial charge in [-0.25, -0.2) is 4.99 Å². The van der Waals surface area contributed by atoms with E-state index in [1.54, 1.807) is 23.8 Å². The quantitative estimate of drug-likeness (QED) is 0.669. The lowest BCUT2D eigenvalue weighted by molar-refractivity contribution is -0.122. The van der Waals surface area contributed by atoms with Crippen LogP contribution in [0.15, 0.2) is 38.0 Å². The minimum atomic E-state index is 0.0140. The minimum absolute atomic E-state index is 0.0140. The van der Waals surface area contributed by atoms with Crippen molar-refractivity contribution in [3.63, 3.8) is 0 Å². The Bertz CT molecular complexity index is 1040. The molecule has 1 aromatic carbocycles. The number of thioether (sulfide) groups is 2. The largest absolute Gasteiger partial charge is 0.497 e. The van der Waals surface area contributed by atoms with E-state index in [2.05, 4.69) is 22.0 Å². The number of hydrogen-bond acceptors (Lipinski definition) is 7. The van der Waals surface area contributed by atoms with Crippen molar-refractivity contribution in [2.24, 2.45) is 4.99 Å². The number of anilines is 1. The number of aryl methyl sites for hydroxylation is 2. The molecular formula is C21H25N5O2S2. The molecule has 1 N–H and O–H groups in total. The van der Waals surface area contributed by atoms with Gasteiger partial charge >= 0.3 is 0 Å². The van der Waals surface area contributed by atoms with Crippen LogP contribution in [0, 0.1) is 13.8 Å². The van der Waals surface area contributed by atoms with Crippen molar-refractivity contribution in [1.82, 2.24) is 15.1 Å². The van der Waals surface area contributed by atoms with Gasteiger partial charge in [-0.3, -0.25) is 14.8 Å². The fourth-order valence-electron chi connectivity index (χ4n) is 3.39. The third-order valence-electron chi connectivity index (χ3n) is 5.13. The van der Waals surface area contributed by atoms with E-state index in [1.165, 1.54) is 11.8 Å². The van der Waals surface area contributed by atoms with Gasteiger partial charge in [-0.2, -0.15) is 5.10 Å². The number of unbranched alkanes of at least 4 members (excludes halogenated alkanes) is 1. The Morgan fingerprint density at radius 1 is 1.27 bits per heavy atom. The monoisotopic (exact) mass is 443 g/mol. The molecule has 1 fully saturated rings. The fourth-order valence-corrected chi connectivity index (χ4v) is 5.73. The fraction of sp³-hybridized carbons (Fsp3) is 0.381. The van der Waals surface area contributed by atoms with Crippen molar-refractivity contribution in [3.8, 4) is 5.75 Å². The third kappa shape index (κ3) is 3.60. The summed E-state index contributed by atoms with van der Waals surface area (Å²) in [5.41, 5.74) is 3.58. The zero-order chi connectivity index (χ0) is 21.4. The van der Waals surface area contributed by atoms with Gasteiger partial charge in [0.2, 0.25) is 0 Å². The maximum absolute atomic E-state index is 13.4. The highest BCUT2D eigenvalue weighted by molar-refractivity contribution is 8.19. The molecule has 2 aliphatic rings. The average Bonchev–Trinajstić information content (AvgIpc) is 3.35. The summed E-state index contributed by atoms with van der Waals surface area (Å²) in [6, 6.07) is 5.98. The topological polar surface area (TPSA) is 73.8 Å². The molecule has 0 bridgehead atoms. The number of amides is 1. The van der Waals surface area contributed by atoms with Crippen LogP contribution in [-0.2, 0) is 4.79 Å². The van der Waals surface area contributed by atoms with Gasteiger partial charge in [0.1, 0.15) is 16.3 Å². The molecule has 0 unspecified atom stereocenters. The number of amidine groups is 1.